The molecule has 0 unspecified atom stereocenters. The van der Waals surface area contributed by atoms with Gasteiger partial charge in [0.05, 0.1) is 5.56 Å². The molecule has 0 radical (unpaired) electrons. The maximum atomic E-state index is 14.1. The Bertz CT molecular complexity index is 867. The van der Waals surface area contributed by atoms with Crippen molar-refractivity contribution in [3.05, 3.63) is 41.6 Å². The maximum Gasteiger partial charge on any atom is 0.352 e. The van der Waals surface area contributed by atoms with Crippen molar-refractivity contribution in [3.8, 4) is 11.1 Å². The summed E-state index contributed by atoms with van der Waals surface area (Å²) in [5.41, 5.74) is -0.254. The van der Waals surface area contributed by atoms with Gasteiger partial charge in [0.2, 0.25) is 0 Å². The highest BCUT2D eigenvalue weighted by Crippen LogP contribution is 2.37. The lowest BCUT2D eigenvalue weighted by Crippen LogP contribution is -2.31. The summed E-state index contributed by atoms with van der Waals surface area (Å²) in [5, 5.41) is 5.16. The lowest BCUT2D eigenvalue weighted by molar-refractivity contribution is 0.00630. The lowest BCUT2D eigenvalue weighted by Gasteiger charge is -2.19. The molecule has 2 aromatic heterocycles. The van der Waals surface area contributed by atoms with E-state index in [0.29, 0.717) is 0 Å². The fourth-order valence-corrected chi connectivity index (χ4v) is 2.31. The third-order valence-corrected chi connectivity index (χ3v) is 3.27. The molecule has 0 aliphatic carbocycles. The molecule has 0 saturated carbocycles. The molecule has 2 heterocycles. The van der Waals surface area contributed by atoms with Crippen LogP contribution < -0.4 is 5.32 Å². The molecule has 23 heavy (non-hydrogen) atoms. The summed E-state index contributed by atoms with van der Waals surface area (Å²) in [5.74, 6) is -1.21. The van der Waals surface area contributed by atoms with Crippen molar-refractivity contribution in [1.29, 1.82) is 0 Å². The Balaban J connectivity index is 2.32. The van der Waals surface area contributed by atoms with Crippen LogP contribution in [0.4, 0.5) is 23.4 Å². The first-order chi connectivity index (χ1) is 10.9. The van der Waals surface area contributed by atoms with Crippen LogP contribution in [0.15, 0.2) is 30.6 Å². The maximum absolute atomic E-state index is 14.1. The normalized spacial score (nSPS) is 11.9. The SMILES string of the molecule is FCC(F)(F)Nc1c(-c2ccccc2F)c(Cl)nc2ncnn12. The van der Waals surface area contributed by atoms with E-state index >= 15 is 0 Å². The molecule has 0 bridgehead atoms. The van der Waals surface area contributed by atoms with Crippen LogP contribution in [0.5, 0.6) is 0 Å². The molecule has 1 aromatic carbocycles. The number of fused-ring (bicyclic) bond motifs is 1. The van der Waals surface area contributed by atoms with Crippen molar-refractivity contribution in [2.45, 2.75) is 6.05 Å². The summed E-state index contributed by atoms with van der Waals surface area (Å²) in [7, 11) is 0. The Morgan fingerprint density at radius 1 is 1.26 bits per heavy atom. The molecule has 10 heteroatoms. The van der Waals surface area contributed by atoms with E-state index in [-0.39, 0.29) is 22.1 Å². The Morgan fingerprint density at radius 2 is 2.00 bits per heavy atom. The van der Waals surface area contributed by atoms with E-state index < -0.39 is 24.4 Å². The van der Waals surface area contributed by atoms with Crippen molar-refractivity contribution in [1.82, 2.24) is 19.6 Å². The highest BCUT2D eigenvalue weighted by molar-refractivity contribution is 6.33. The second-order valence-corrected chi connectivity index (χ2v) is 4.90. The predicted molar refractivity (Wildman–Crippen MR) is 75.7 cm³/mol. The number of rotatable bonds is 4. The summed E-state index contributed by atoms with van der Waals surface area (Å²) >= 11 is 6.01. The topological polar surface area (TPSA) is 55.1 Å². The van der Waals surface area contributed by atoms with E-state index in [4.69, 9.17) is 11.6 Å². The van der Waals surface area contributed by atoms with Crippen LogP contribution in [0.3, 0.4) is 0 Å². The van der Waals surface area contributed by atoms with E-state index in [9.17, 15) is 17.6 Å². The van der Waals surface area contributed by atoms with Crippen LogP contribution in [0.1, 0.15) is 0 Å². The number of anilines is 1. The minimum absolute atomic E-state index is 0.0837. The second-order valence-electron chi connectivity index (χ2n) is 4.54. The van der Waals surface area contributed by atoms with Gasteiger partial charge < -0.3 is 5.32 Å². The summed E-state index contributed by atoms with van der Waals surface area (Å²) in [6.45, 7) is -1.97. The zero-order chi connectivity index (χ0) is 16.6. The third kappa shape index (κ3) is 2.79. The Labute approximate surface area is 131 Å². The third-order valence-electron chi connectivity index (χ3n) is 3.00. The van der Waals surface area contributed by atoms with E-state index in [0.717, 1.165) is 16.9 Å². The average molecular weight is 346 g/mol. The number of hydrogen-bond donors (Lipinski definition) is 1. The number of halogens is 5. The summed E-state index contributed by atoms with van der Waals surface area (Å²) in [4.78, 5) is 7.62. The van der Waals surface area contributed by atoms with Crippen molar-refractivity contribution in [2.75, 3.05) is 12.0 Å². The molecular weight excluding hydrogens is 338 g/mol. The molecule has 0 saturated heterocycles. The van der Waals surface area contributed by atoms with Crippen LogP contribution >= 0.6 is 11.6 Å². The molecule has 3 aromatic rings. The van der Waals surface area contributed by atoms with Crippen LogP contribution in [0, 0.1) is 5.82 Å². The molecule has 0 atom stereocenters. The molecule has 0 fully saturated rings. The number of nitrogens with zero attached hydrogens (tertiary/aromatic N) is 4. The average Bonchev–Trinajstić information content (AvgIpc) is 2.96. The largest absolute Gasteiger partial charge is 0.352 e. The monoisotopic (exact) mass is 345 g/mol. The lowest BCUT2D eigenvalue weighted by atomic mass is 10.1. The van der Waals surface area contributed by atoms with Crippen LogP contribution in [0.25, 0.3) is 16.9 Å². The Kier molecular flexibility index (Phi) is 3.80. The number of alkyl halides is 3. The second kappa shape index (κ2) is 5.65. The Hall–Kier alpha value is -2.42. The molecule has 5 nitrogen and oxygen atoms in total. The summed E-state index contributed by atoms with van der Waals surface area (Å²) < 4.78 is 54.5. The van der Waals surface area contributed by atoms with Crippen LogP contribution in [-0.2, 0) is 0 Å². The Morgan fingerprint density at radius 3 is 2.70 bits per heavy atom. The fraction of sp³-hybridized carbons (Fsp3) is 0.154. The molecule has 0 aliphatic heterocycles. The molecule has 120 valence electrons. The number of hydrogen-bond acceptors (Lipinski definition) is 4. The predicted octanol–water partition coefficient (Wildman–Crippen LogP) is 3.56. The van der Waals surface area contributed by atoms with Gasteiger partial charge >= 0.3 is 6.05 Å². The highest BCUT2D eigenvalue weighted by atomic mass is 35.5. The minimum Gasteiger partial charge on any atom is -0.309 e. The van der Waals surface area contributed by atoms with E-state index in [1.54, 1.807) is 5.32 Å². The van der Waals surface area contributed by atoms with Gasteiger partial charge in [-0.1, -0.05) is 29.8 Å². The first-order valence-electron chi connectivity index (χ1n) is 6.29. The van der Waals surface area contributed by atoms with Crippen LogP contribution in [0.2, 0.25) is 5.15 Å². The van der Waals surface area contributed by atoms with Gasteiger partial charge in [0.15, 0.2) is 6.67 Å². The number of benzene rings is 1. The van der Waals surface area contributed by atoms with Gasteiger partial charge in [-0.25, -0.2) is 8.78 Å². The van der Waals surface area contributed by atoms with E-state index in [1.807, 2.05) is 0 Å². The quantitative estimate of drug-likeness (QED) is 0.446. The minimum atomic E-state index is -3.90. The fourth-order valence-electron chi connectivity index (χ4n) is 2.04. The standard InChI is InChI=1S/C13H8ClF4N5/c14-10-9(7-3-1-2-4-8(7)16)11(22-13(17,18)5-15)23-12(21-10)19-6-20-23/h1-4,6,22H,5H2. The number of nitrogens with one attached hydrogen (secondary N) is 1. The zero-order valence-corrected chi connectivity index (χ0v) is 12.0. The molecule has 0 aliphatic rings. The van der Waals surface area contributed by atoms with Gasteiger partial charge in [-0.05, 0) is 6.07 Å². The van der Waals surface area contributed by atoms with Crippen molar-refractivity contribution >= 4 is 23.2 Å². The molecular formula is C13H8ClF4N5. The highest BCUT2D eigenvalue weighted by Gasteiger charge is 2.32. The summed E-state index contributed by atoms with van der Waals surface area (Å²) in [6.07, 6.45) is 1.06. The van der Waals surface area contributed by atoms with Crippen LogP contribution in [-0.4, -0.2) is 32.3 Å². The van der Waals surface area contributed by atoms with Gasteiger partial charge in [-0.3, -0.25) is 0 Å². The van der Waals surface area contributed by atoms with Crippen molar-refractivity contribution < 1.29 is 17.6 Å². The van der Waals surface area contributed by atoms with E-state index in [1.165, 1.54) is 18.2 Å². The van der Waals surface area contributed by atoms with Gasteiger partial charge in [-0.2, -0.15) is 28.4 Å². The molecule has 3 rings (SSSR count). The van der Waals surface area contributed by atoms with Gasteiger partial charge in [0.1, 0.15) is 23.1 Å². The zero-order valence-electron chi connectivity index (χ0n) is 11.3. The van der Waals surface area contributed by atoms with E-state index in [2.05, 4.69) is 15.1 Å². The molecule has 1 N–H and O–H groups in total. The van der Waals surface area contributed by atoms with Gasteiger partial charge in [0.25, 0.3) is 5.78 Å². The van der Waals surface area contributed by atoms with Crippen molar-refractivity contribution in [3.63, 3.8) is 0 Å². The van der Waals surface area contributed by atoms with Crippen molar-refractivity contribution in [2.24, 2.45) is 0 Å². The number of aromatic nitrogens is 4. The van der Waals surface area contributed by atoms with Gasteiger partial charge in [0, 0.05) is 5.56 Å². The van der Waals surface area contributed by atoms with Gasteiger partial charge in [-0.15, -0.1) is 0 Å². The first-order valence-corrected chi connectivity index (χ1v) is 6.67. The summed E-state index contributed by atoms with van der Waals surface area (Å²) in [6, 6.07) is 1.49. The molecule has 0 spiro atoms. The first kappa shape index (κ1) is 15.5. The molecule has 0 amide bonds. The smallest absolute Gasteiger partial charge is 0.309 e.